The maximum absolute atomic E-state index is 11.7. The zero-order valence-electron chi connectivity index (χ0n) is 12.9. The Balaban J connectivity index is 1.49. The second-order valence-corrected chi connectivity index (χ2v) is 6.70. The second kappa shape index (κ2) is 9.46. The van der Waals surface area contributed by atoms with E-state index in [4.69, 9.17) is 0 Å². The van der Waals surface area contributed by atoms with Crippen molar-refractivity contribution < 1.29 is 9.59 Å². The first kappa shape index (κ1) is 16.8. The van der Waals surface area contributed by atoms with Crippen molar-refractivity contribution in [3.05, 3.63) is 22.4 Å². The first-order valence-electron chi connectivity index (χ1n) is 8.07. The summed E-state index contributed by atoms with van der Waals surface area (Å²) in [4.78, 5) is 24.6. The van der Waals surface area contributed by atoms with E-state index in [-0.39, 0.29) is 11.9 Å². The molecular formula is C16H25N3O2S. The van der Waals surface area contributed by atoms with Gasteiger partial charge in [-0.1, -0.05) is 25.3 Å². The third-order valence-electron chi connectivity index (χ3n) is 3.85. The molecule has 22 heavy (non-hydrogen) atoms. The Labute approximate surface area is 135 Å². The molecule has 0 bridgehead atoms. The fourth-order valence-electron chi connectivity index (χ4n) is 2.64. The van der Waals surface area contributed by atoms with Crippen LogP contribution in [-0.2, 0) is 11.2 Å². The van der Waals surface area contributed by atoms with Gasteiger partial charge in [-0.25, -0.2) is 4.79 Å². The molecule has 5 nitrogen and oxygen atoms in total. The minimum absolute atomic E-state index is 0.0190. The lowest BCUT2D eigenvalue weighted by Gasteiger charge is -2.22. The van der Waals surface area contributed by atoms with Crippen molar-refractivity contribution in [2.45, 2.75) is 51.0 Å². The molecule has 1 aliphatic carbocycles. The van der Waals surface area contributed by atoms with Gasteiger partial charge in [-0.2, -0.15) is 0 Å². The summed E-state index contributed by atoms with van der Waals surface area (Å²) in [7, 11) is 0. The van der Waals surface area contributed by atoms with E-state index in [1.54, 1.807) is 11.3 Å². The van der Waals surface area contributed by atoms with Crippen molar-refractivity contribution >= 4 is 23.3 Å². The molecule has 0 saturated heterocycles. The molecular weight excluding hydrogens is 298 g/mol. The fraction of sp³-hybridized carbons (Fsp3) is 0.625. The van der Waals surface area contributed by atoms with Gasteiger partial charge in [-0.15, -0.1) is 11.3 Å². The molecule has 3 N–H and O–H groups in total. The monoisotopic (exact) mass is 323 g/mol. The summed E-state index contributed by atoms with van der Waals surface area (Å²) in [5.41, 5.74) is 0. The number of hydrogen-bond acceptors (Lipinski definition) is 3. The van der Waals surface area contributed by atoms with Gasteiger partial charge in [0.1, 0.15) is 0 Å². The van der Waals surface area contributed by atoms with E-state index in [1.807, 2.05) is 11.4 Å². The highest BCUT2D eigenvalue weighted by Gasteiger charge is 2.15. The number of hydrogen-bond donors (Lipinski definition) is 3. The Hall–Kier alpha value is -1.56. The fourth-order valence-corrected chi connectivity index (χ4v) is 3.35. The summed E-state index contributed by atoms with van der Waals surface area (Å²) in [6.07, 6.45) is 6.97. The van der Waals surface area contributed by atoms with Gasteiger partial charge in [0.2, 0.25) is 5.91 Å². The van der Waals surface area contributed by atoms with Crippen LogP contribution in [0.5, 0.6) is 0 Å². The maximum atomic E-state index is 11.7. The molecule has 6 heteroatoms. The Morgan fingerprint density at radius 2 is 1.95 bits per heavy atom. The summed E-state index contributed by atoms with van der Waals surface area (Å²) in [5, 5.41) is 10.6. The highest BCUT2D eigenvalue weighted by atomic mass is 32.1. The van der Waals surface area contributed by atoms with Gasteiger partial charge in [0.15, 0.2) is 0 Å². The van der Waals surface area contributed by atoms with Crippen LogP contribution in [0.4, 0.5) is 4.79 Å². The molecule has 1 saturated carbocycles. The largest absolute Gasteiger partial charge is 0.356 e. The molecule has 0 aromatic carbocycles. The van der Waals surface area contributed by atoms with Crippen LogP contribution in [0, 0.1) is 0 Å². The molecule has 0 aliphatic heterocycles. The van der Waals surface area contributed by atoms with Gasteiger partial charge in [0, 0.05) is 30.4 Å². The topological polar surface area (TPSA) is 70.2 Å². The maximum Gasteiger partial charge on any atom is 0.315 e. The number of urea groups is 1. The zero-order chi connectivity index (χ0) is 15.6. The van der Waals surface area contributed by atoms with E-state index < -0.39 is 0 Å². The summed E-state index contributed by atoms with van der Waals surface area (Å²) < 4.78 is 0. The summed E-state index contributed by atoms with van der Waals surface area (Å²) >= 11 is 1.70. The van der Waals surface area contributed by atoms with Crippen LogP contribution in [0.15, 0.2) is 17.5 Å². The van der Waals surface area contributed by atoms with Gasteiger partial charge < -0.3 is 16.0 Å². The Morgan fingerprint density at radius 3 is 2.68 bits per heavy atom. The zero-order valence-corrected chi connectivity index (χ0v) is 13.7. The average molecular weight is 323 g/mol. The van der Waals surface area contributed by atoms with Crippen molar-refractivity contribution in [2.24, 2.45) is 0 Å². The lowest BCUT2D eigenvalue weighted by molar-refractivity contribution is -0.120. The number of rotatable bonds is 7. The quantitative estimate of drug-likeness (QED) is 0.721. The van der Waals surface area contributed by atoms with Gasteiger partial charge in [-0.3, -0.25) is 4.79 Å². The second-order valence-electron chi connectivity index (χ2n) is 5.66. The van der Waals surface area contributed by atoms with Gasteiger partial charge >= 0.3 is 6.03 Å². The summed E-state index contributed by atoms with van der Waals surface area (Å²) in [6.45, 7) is 1.02. The van der Waals surface area contributed by atoms with Crippen molar-refractivity contribution in [1.82, 2.24) is 16.0 Å². The minimum atomic E-state index is -0.154. The predicted octanol–water partition coefficient (Wildman–Crippen LogP) is 2.43. The van der Waals surface area contributed by atoms with Crippen LogP contribution in [0.25, 0.3) is 0 Å². The number of amides is 3. The summed E-state index contributed by atoms with van der Waals surface area (Å²) in [6, 6.07) is 4.22. The molecule has 1 aromatic heterocycles. The lowest BCUT2D eigenvalue weighted by Crippen LogP contribution is -2.43. The van der Waals surface area contributed by atoms with E-state index in [9.17, 15) is 9.59 Å². The van der Waals surface area contributed by atoms with Crippen LogP contribution >= 0.6 is 11.3 Å². The van der Waals surface area contributed by atoms with Crippen LogP contribution in [0.1, 0.15) is 43.4 Å². The van der Waals surface area contributed by atoms with Crippen molar-refractivity contribution in [1.29, 1.82) is 0 Å². The van der Waals surface area contributed by atoms with Gasteiger partial charge in [0.05, 0.1) is 0 Å². The number of nitrogens with one attached hydrogen (secondary N) is 3. The molecule has 122 valence electrons. The van der Waals surface area contributed by atoms with Crippen LogP contribution in [0.3, 0.4) is 0 Å². The van der Waals surface area contributed by atoms with Crippen LogP contribution < -0.4 is 16.0 Å². The molecule has 1 aliphatic rings. The van der Waals surface area contributed by atoms with E-state index >= 15 is 0 Å². The van der Waals surface area contributed by atoms with E-state index in [0.717, 1.165) is 19.3 Å². The molecule has 0 atom stereocenters. The normalized spacial score (nSPS) is 15.3. The summed E-state index contributed by atoms with van der Waals surface area (Å²) in [5.74, 6) is -0.0190. The predicted molar refractivity (Wildman–Crippen MR) is 89.1 cm³/mol. The van der Waals surface area contributed by atoms with E-state index in [2.05, 4.69) is 22.0 Å². The molecule has 1 heterocycles. The van der Waals surface area contributed by atoms with Crippen LogP contribution in [0.2, 0.25) is 0 Å². The molecule has 3 amide bonds. The SMILES string of the molecule is O=C(CCNC(=O)NC1CCCCC1)NCCc1cccs1. The highest BCUT2D eigenvalue weighted by Crippen LogP contribution is 2.17. The Morgan fingerprint density at radius 1 is 1.14 bits per heavy atom. The number of thiophene rings is 1. The number of carbonyl (C=O) groups excluding carboxylic acids is 2. The Kier molecular flexibility index (Phi) is 7.22. The number of carbonyl (C=O) groups is 2. The van der Waals surface area contributed by atoms with Gasteiger partial charge in [0.25, 0.3) is 0 Å². The standard InChI is InChI=1S/C16H25N3O2S/c20-15(17-10-8-14-7-4-12-22-14)9-11-18-16(21)19-13-5-2-1-3-6-13/h4,7,12-13H,1-3,5-6,8-11H2,(H,17,20)(H2,18,19,21). The molecule has 0 spiro atoms. The lowest BCUT2D eigenvalue weighted by atomic mass is 9.96. The first-order chi connectivity index (χ1) is 10.7. The Bertz CT molecular complexity index is 456. The average Bonchev–Trinajstić information content (AvgIpc) is 3.01. The van der Waals surface area contributed by atoms with Crippen molar-refractivity contribution in [3.63, 3.8) is 0 Å². The van der Waals surface area contributed by atoms with Crippen molar-refractivity contribution in [2.75, 3.05) is 13.1 Å². The smallest absolute Gasteiger partial charge is 0.315 e. The third kappa shape index (κ3) is 6.47. The van der Waals surface area contributed by atoms with Gasteiger partial charge in [-0.05, 0) is 30.7 Å². The first-order valence-corrected chi connectivity index (χ1v) is 8.95. The molecule has 1 aromatic rings. The highest BCUT2D eigenvalue weighted by molar-refractivity contribution is 7.09. The van der Waals surface area contributed by atoms with Crippen molar-refractivity contribution in [3.8, 4) is 0 Å². The molecule has 2 rings (SSSR count). The minimum Gasteiger partial charge on any atom is -0.356 e. The molecule has 0 unspecified atom stereocenters. The molecule has 1 fully saturated rings. The van der Waals surface area contributed by atoms with E-state index in [0.29, 0.717) is 25.6 Å². The van der Waals surface area contributed by atoms with E-state index in [1.165, 1.54) is 24.1 Å². The van der Waals surface area contributed by atoms with Crippen LogP contribution in [-0.4, -0.2) is 31.1 Å². The third-order valence-corrected chi connectivity index (χ3v) is 4.79. The molecule has 0 radical (unpaired) electrons.